The first-order valence-corrected chi connectivity index (χ1v) is 10.8. The molecule has 1 aromatic carbocycles. The van der Waals surface area contributed by atoms with E-state index in [9.17, 15) is 14.4 Å². The summed E-state index contributed by atoms with van der Waals surface area (Å²) in [6.07, 6.45) is 6.61. The van der Waals surface area contributed by atoms with E-state index >= 15 is 0 Å². The van der Waals surface area contributed by atoms with Crippen molar-refractivity contribution >= 4 is 23.5 Å². The summed E-state index contributed by atoms with van der Waals surface area (Å²) >= 11 is 0. The summed E-state index contributed by atoms with van der Waals surface area (Å²) in [7, 11) is 1.52. The zero-order valence-electron chi connectivity index (χ0n) is 17.7. The molecule has 2 N–H and O–H groups in total. The third-order valence-electron chi connectivity index (χ3n) is 6.91. The number of hydrogen-bond acceptors (Lipinski definition) is 5. The van der Waals surface area contributed by atoms with Gasteiger partial charge in [0.2, 0.25) is 5.91 Å². The van der Waals surface area contributed by atoms with Crippen LogP contribution >= 0.6 is 0 Å². The van der Waals surface area contributed by atoms with Crippen LogP contribution in [0.25, 0.3) is 0 Å². The van der Waals surface area contributed by atoms with Gasteiger partial charge in [0.1, 0.15) is 12.3 Å². The Morgan fingerprint density at radius 1 is 1.07 bits per heavy atom. The predicted octanol–water partition coefficient (Wildman–Crippen LogP) is 2.82. The normalized spacial score (nSPS) is 28.7. The Morgan fingerprint density at radius 3 is 2.30 bits per heavy atom. The molecule has 0 atom stereocenters. The summed E-state index contributed by atoms with van der Waals surface area (Å²) in [6.45, 7) is 1.28. The average molecular weight is 415 g/mol. The Kier molecular flexibility index (Phi) is 5.71. The number of esters is 1. The molecule has 0 saturated heterocycles. The van der Waals surface area contributed by atoms with Gasteiger partial charge in [-0.15, -0.1) is 0 Å². The van der Waals surface area contributed by atoms with Crippen molar-refractivity contribution in [1.82, 2.24) is 5.32 Å². The highest BCUT2D eigenvalue weighted by atomic mass is 16.5. The summed E-state index contributed by atoms with van der Waals surface area (Å²) in [4.78, 5) is 37.1. The van der Waals surface area contributed by atoms with E-state index in [2.05, 4.69) is 10.6 Å². The first kappa shape index (κ1) is 20.7. The Morgan fingerprint density at radius 2 is 1.70 bits per heavy atom. The maximum absolute atomic E-state index is 12.9. The van der Waals surface area contributed by atoms with Gasteiger partial charge in [0.05, 0.1) is 12.8 Å². The SMILES string of the molecule is COc1ccc(C)cc1NC(=O)COC(=O)CNC(=O)C12CC3CC(CC(C3)C1)C2. The van der Waals surface area contributed by atoms with E-state index in [1.54, 1.807) is 12.1 Å². The molecule has 0 aliphatic heterocycles. The minimum Gasteiger partial charge on any atom is -0.495 e. The van der Waals surface area contributed by atoms with Gasteiger partial charge in [-0.3, -0.25) is 14.4 Å². The number of aryl methyl sites for hydroxylation is 1. The number of ether oxygens (including phenoxy) is 2. The molecule has 0 aromatic heterocycles. The minimum absolute atomic E-state index is 0.0208. The van der Waals surface area contributed by atoms with Crippen molar-refractivity contribution in [2.24, 2.45) is 23.2 Å². The quantitative estimate of drug-likeness (QED) is 0.669. The van der Waals surface area contributed by atoms with Crippen LogP contribution in [-0.4, -0.2) is 38.0 Å². The lowest BCUT2D eigenvalue weighted by atomic mass is 9.49. The van der Waals surface area contributed by atoms with Gasteiger partial charge in [0, 0.05) is 5.41 Å². The zero-order chi connectivity index (χ0) is 21.3. The van der Waals surface area contributed by atoms with Crippen molar-refractivity contribution in [3.63, 3.8) is 0 Å². The summed E-state index contributed by atoms with van der Waals surface area (Å²) in [5.74, 6) is 1.43. The van der Waals surface area contributed by atoms with Gasteiger partial charge in [-0.2, -0.15) is 0 Å². The third kappa shape index (κ3) is 4.30. The standard InChI is InChI=1S/C23H30N2O5/c1-14-3-4-19(29-2)18(5-14)25-20(26)13-30-21(27)12-24-22(28)23-9-15-6-16(10-23)8-17(7-15)11-23/h3-5,15-17H,6-13H2,1-2H3,(H,24,28)(H,25,26). The van der Waals surface area contributed by atoms with Gasteiger partial charge in [-0.05, 0) is 80.9 Å². The first-order valence-electron chi connectivity index (χ1n) is 10.8. The molecule has 4 aliphatic carbocycles. The molecular formula is C23H30N2O5. The van der Waals surface area contributed by atoms with E-state index in [-0.39, 0.29) is 17.9 Å². The number of anilines is 1. The number of amides is 2. The van der Waals surface area contributed by atoms with Crippen molar-refractivity contribution in [2.75, 3.05) is 25.6 Å². The van der Waals surface area contributed by atoms with Crippen LogP contribution in [0.15, 0.2) is 18.2 Å². The Hall–Kier alpha value is -2.57. The second-order valence-electron chi connectivity index (χ2n) is 9.29. The molecule has 4 saturated carbocycles. The molecule has 0 unspecified atom stereocenters. The van der Waals surface area contributed by atoms with Gasteiger partial charge >= 0.3 is 5.97 Å². The van der Waals surface area contributed by atoms with E-state index in [1.165, 1.54) is 26.4 Å². The van der Waals surface area contributed by atoms with Gasteiger partial charge in [-0.1, -0.05) is 6.07 Å². The number of carbonyl (C=O) groups is 3. The van der Waals surface area contributed by atoms with Crippen molar-refractivity contribution in [3.05, 3.63) is 23.8 Å². The molecular weight excluding hydrogens is 384 g/mol. The fourth-order valence-electron chi connectivity index (χ4n) is 6.03. The highest BCUT2D eigenvalue weighted by Gasteiger charge is 2.54. The highest BCUT2D eigenvalue weighted by molar-refractivity contribution is 5.94. The number of rotatable bonds is 7. The van der Waals surface area contributed by atoms with Crippen molar-refractivity contribution < 1.29 is 23.9 Å². The molecule has 0 heterocycles. The molecule has 4 bridgehead atoms. The molecule has 162 valence electrons. The summed E-state index contributed by atoms with van der Waals surface area (Å²) in [5, 5.41) is 5.46. The van der Waals surface area contributed by atoms with Gasteiger partial charge in [0.15, 0.2) is 6.61 Å². The molecule has 7 nitrogen and oxygen atoms in total. The summed E-state index contributed by atoms with van der Waals surface area (Å²) in [5.41, 5.74) is 1.19. The Labute approximate surface area is 176 Å². The lowest BCUT2D eigenvalue weighted by molar-refractivity contribution is -0.152. The van der Waals surface area contributed by atoms with E-state index < -0.39 is 18.5 Å². The average Bonchev–Trinajstić information content (AvgIpc) is 2.69. The minimum atomic E-state index is -0.612. The molecule has 5 rings (SSSR count). The van der Waals surface area contributed by atoms with Crippen molar-refractivity contribution in [3.8, 4) is 5.75 Å². The largest absolute Gasteiger partial charge is 0.495 e. The number of benzene rings is 1. The molecule has 4 aliphatic rings. The number of methoxy groups -OCH3 is 1. The molecule has 30 heavy (non-hydrogen) atoms. The monoisotopic (exact) mass is 414 g/mol. The van der Waals surface area contributed by atoms with Crippen molar-refractivity contribution in [1.29, 1.82) is 0 Å². The van der Waals surface area contributed by atoms with Crippen LogP contribution in [0.4, 0.5) is 5.69 Å². The van der Waals surface area contributed by atoms with Crippen LogP contribution in [0.2, 0.25) is 0 Å². The maximum atomic E-state index is 12.9. The lowest BCUT2D eigenvalue weighted by Crippen LogP contribution is -2.54. The smallest absolute Gasteiger partial charge is 0.325 e. The van der Waals surface area contributed by atoms with Gasteiger partial charge in [0.25, 0.3) is 5.91 Å². The van der Waals surface area contributed by atoms with Crippen LogP contribution in [-0.2, 0) is 19.1 Å². The molecule has 4 fully saturated rings. The third-order valence-corrected chi connectivity index (χ3v) is 6.91. The first-order chi connectivity index (χ1) is 14.4. The van der Waals surface area contributed by atoms with Crippen LogP contribution in [0.1, 0.15) is 44.1 Å². The molecule has 0 spiro atoms. The fraction of sp³-hybridized carbons (Fsp3) is 0.609. The van der Waals surface area contributed by atoms with Gasteiger partial charge in [-0.25, -0.2) is 0 Å². The zero-order valence-corrected chi connectivity index (χ0v) is 17.7. The van der Waals surface area contributed by atoms with Crippen LogP contribution in [0, 0.1) is 30.1 Å². The number of nitrogens with one attached hydrogen (secondary N) is 2. The fourth-order valence-corrected chi connectivity index (χ4v) is 6.03. The van der Waals surface area contributed by atoms with Gasteiger partial charge < -0.3 is 20.1 Å². The Bertz CT molecular complexity index is 815. The maximum Gasteiger partial charge on any atom is 0.325 e. The Balaban J connectivity index is 1.23. The summed E-state index contributed by atoms with van der Waals surface area (Å²) in [6, 6.07) is 5.42. The molecule has 0 radical (unpaired) electrons. The second-order valence-corrected chi connectivity index (χ2v) is 9.29. The van der Waals surface area contributed by atoms with Crippen LogP contribution in [0.5, 0.6) is 5.75 Å². The van der Waals surface area contributed by atoms with E-state index in [4.69, 9.17) is 9.47 Å². The van der Waals surface area contributed by atoms with Crippen LogP contribution in [0.3, 0.4) is 0 Å². The molecule has 7 heteroatoms. The topological polar surface area (TPSA) is 93.7 Å². The molecule has 1 aromatic rings. The predicted molar refractivity (Wildman–Crippen MR) is 111 cm³/mol. The van der Waals surface area contributed by atoms with E-state index in [0.29, 0.717) is 29.2 Å². The highest BCUT2D eigenvalue weighted by Crippen LogP contribution is 2.60. The lowest BCUT2D eigenvalue weighted by Gasteiger charge is -2.55. The molecule has 2 amide bonds. The van der Waals surface area contributed by atoms with Crippen molar-refractivity contribution in [2.45, 2.75) is 45.4 Å². The number of carbonyl (C=O) groups excluding carboxylic acids is 3. The van der Waals surface area contributed by atoms with E-state index in [0.717, 1.165) is 24.8 Å². The number of hydrogen-bond donors (Lipinski definition) is 2. The van der Waals surface area contributed by atoms with E-state index in [1.807, 2.05) is 13.0 Å². The second kappa shape index (κ2) is 8.28. The summed E-state index contributed by atoms with van der Waals surface area (Å²) < 4.78 is 10.3. The van der Waals surface area contributed by atoms with Crippen LogP contribution < -0.4 is 15.4 Å².